The van der Waals surface area contributed by atoms with E-state index in [0.29, 0.717) is 12.6 Å². The van der Waals surface area contributed by atoms with Crippen molar-refractivity contribution in [3.8, 4) is 11.3 Å². The minimum absolute atomic E-state index is 0. The third-order valence-corrected chi connectivity index (χ3v) is 4.91. The van der Waals surface area contributed by atoms with Crippen LogP contribution in [0.2, 0.25) is 0 Å². The van der Waals surface area contributed by atoms with Gasteiger partial charge >= 0.3 is 0 Å². The van der Waals surface area contributed by atoms with Crippen LogP contribution < -0.4 is 10.6 Å². The van der Waals surface area contributed by atoms with E-state index in [0.717, 1.165) is 35.6 Å². The Kier molecular flexibility index (Phi) is 6.53. The molecule has 1 aliphatic carbocycles. The Morgan fingerprint density at radius 1 is 1.27 bits per heavy atom. The van der Waals surface area contributed by atoms with Crippen molar-refractivity contribution in [2.75, 3.05) is 20.1 Å². The normalized spacial score (nSPS) is 20.7. The molecule has 140 valence electrons. The fourth-order valence-electron chi connectivity index (χ4n) is 3.38. The quantitative estimate of drug-likeness (QED) is 0.402. The van der Waals surface area contributed by atoms with Crippen molar-refractivity contribution in [2.45, 2.75) is 37.9 Å². The van der Waals surface area contributed by atoms with Crippen molar-refractivity contribution in [2.24, 2.45) is 4.99 Å². The molecule has 0 bridgehead atoms. The highest BCUT2D eigenvalue weighted by Gasteiger charge is 2.34. The second-order valence-corrected chi connectivity index (χ2v) is 6.83. The first kappa shape index (κ1) is 19.2. The molecule has 6 nitrogen and oxygen atoms in total. The maximum atomic E-state index is 5.44. The number of benzene rings is 1. The number of rotatable bonds is 5. The van der Waals surface area contributed by atoms with Gasteiger partial charge in [0.25, 0.3) is 0 Å². The van der Waals surface area contributed by atoms with E-state index < -0.39 is 0 Å². The summed E-state index contributed by atoms with van der Waals surface area (Å²) in [5.41, 5.74) is 1.92. The van der Waals surface area contributed by atoms with E-state index in [1.807, 2.05) is 36.4 Å². The first-order chi connectivity index (χ1) is 12.3. The molecular formula is C19H26IN5O. The SMILES string of the molecule is CN=C(NCc1cc(-c2ccccc2)no1)NC1CCN(C2CC2)C1.I. The number of aliphatic imine (C=N–C) groups is 1. The highest BCUT2D eigenvalue weighted by atomic mass is 127. The topological polar surface area (TPSA) is 65.7 Å². The van der Waals surface area contributed by atoms with Crippen molar-refractivity contribution in [1.82, 2.24) is 20.7 Å². The van der Waals surface area contributed by atoms with Crippen LogP contribution in [-0.4, -0.2) is 48.2 Å². The largest absolute Gasteiger partial charge is 0.359 e. The van der Waals surface area contributed by atoms with Crippen molar-refractivity contribution >= 4 is 29.9 Å². The molecule has 0 radical (unpaired) electrons. The lowest BCUT2D eigenvalue weighted by molar-refractivity contribution is 0.321. The van der Waals surface area contributed by atoms with Gasteiger partial charge in [0.2, 0.25) is 0 Å². The maximum Gasteiger partial charge on any atom is 0.191 e. The Balaban J connectivity index is 0.00000196. The van der Waals surface area contributed by atoms with Gasteiger partial charge in [0.1, 0.15) is 5.69 Å². The molecule has 1 atom stereocenters. The molecule has 1 saturated heterocycles. The fourth-order valence-corrected chi connectivity index (χ4v) is 3.38. The van der Waals surface area contributed by atoms with Crippen molar-refractivity contribution in [1.29, 1.82) is 0 Å². The predicted octanol–water partition coefficient (Wildman–Crippen LogP) is 2.86. The fraction of sp³-hybridized carbons (Fsp3) is 0.474. The molecule has 2 heterocycles. The summed E-state index contributed by atoms with van der Waals surface area (Å²) in [5.74, 6) is 1.62. The van der Waals surface area contributed by atoms with E-state index in [1.54, 1.807) is 7.05 Å². The predicted molar refractivity (Wildman–Crippen MR) is 114 cm³/mol. The molecular weight excluding hydrogens is 441 g/mol. The average molecular weight is 467 g/mol. The Morgan fingerprint density at radius 3 is 2.81 bits per heavy atom. The van der Waals surface area contributed by atoms with Crippen LogP contribution in [0, 0.1) is 0 Å². The monoisotopic (exact) mass is 467 g/mol. The minimum atomic E-state index is 0. The molecule has 1 aliphatic heterocycles. The Morgan fingerprint density at radius 2 is 2.08 bits per heavy atom. The molecule has 2 aliphatic rings. The molecule has 26 heavy (non-hydrogen) atoms. The third-order valence-electron chi connectivity index (χ3n) is 4.91. The summed E-state index contributed by atoms with van der Waals surface area (Å²) in [6.07, 6.45) is 3.92. The number of likely N-dealkylation sites (tertiary alicyclic amines) is 1. The maximum absolute atomic E-state index is 5.44. The lowest BCUT2D eigenvalue weighted by Crippen LogP contribution is -2.44. The molecule has 1 saturated carbocycles. The van der Waals surface area contributed by atoms with E-state index in [1.165, 1.54) is 25.8 Å². The molecule has 1 aromatic heterocycles. The van der Waals surface area contributed by atoms with Crippen molar-refractivity contribution in [3.63, 3.8) is 0 Å². The second-order valence-electron chi connectivity index (χ2n) is 6.83. The summed E-state index contributed by atoms with van der Waals surface area (Å²) in [4.78, 5) is 6.92. The summed E-state index contributed by atoms with van der Waals surface area (Å²) in [5, 5.41) is 11.0. The van der Waals surface area contributed by atoms with Gasteiger partial charge in [0, 0.05) is 43.9 Å². The number of nitrogens with one attached hydrogen (secondary N) is 2. The number of halogens is 1. The van der Waals surface area contributed by atoms with Crippen molar-refractivity contribution < 1.29 is 4.52 Å². The highest BCUT2D eigenvalue weighted by Crippen LogP contribution is 2.29. The van der Waals surface area contributed by atoms with Gasteiger partial charge < -0.3 is 15.2 Å². The van der Waals surface area contributed by atoms with Gasteiger partial charge in [-0.1, -0.05) is 35.5 Å². The Bertz CT molecular complexity index is 729. The molecule has 0 spiro atoms. The summed E-state index contributed by atoms with van der Waals surface area (Å²) in [6, 6.07) is 13.3. The van der Waals surface area contributed by atoms with Crippen LogP contribution in [0.5, 0.6) is 0 Å². The third kappa shape index (κ3) is 4.76. The van der Waals surface area contributed by atoms with Crippen LogP contribution in [0.25, 0.3) is 11.3 Å². The summed E-state index contributed by atoms with van der Waals surface area (Å²) in [6.45, 7) is 2.88. The summed E-state index contributed by atoms with van der Waals surface area (Å²) in [7, 11) is 1.80. The standard InChI is InChI=1S/C19H25N5O.HI/c1-20-19(22-15-9-10-24(13-15)16-7-8-16)21-12-17-11-18(23-25-17)14-5-3-2-4-6-14;/h2-6,11,15-16H,7-10,12-13H2,1H3,(H2,20,21,22);1H. The van der Waals surface area contributed by atoms with Crippen LogP contribution in [-0.2, 0) is 6.54 Å². The van der Waals surface area contributed by atoms with Crippen LogP contribution in [0.3, 0.4) is 0 Å². The molecule has 1 aromatic carbocycles. The van der Waals surface area contributed by atoms with Crippen LogP contribution in [0.1, 0.15) is 25.0 Å². The number of guanidine groups is 1. The van der Waals surface area contributed by atoms with Crippen LogP contribution >= 0.6 is 24.0 Å². The van der Waals surface area contributed by atoms with Gasteiger partial charge in [-0.25, -0.2) is 0 Å². The lowest BCUT2D eigenvalue weighted by Gasteiger charge is -2.18. The number of nitrogens with zero attached hydrogens (tertiary/aromatic N) is 3. The summed E-state index contributed by atoms with van der Waals surface area (Å²) >= 11 is 0. The minimum Gasteiger partial charge on any atom is -0.359 e. The van der Waals surface area contributed by atoms with Gasteiger partial charge in [-0.15, -0.1) is 24.0 Å². The van der Waals surface area contributed by atoms with E-state index in [-0.39, 0.29) is 24.0 Å². The Labute approximate surface area is 171 Å². The first-order valence-corrected chi connectivity index (χ1v) is 9.04. The second kappa shape index (κ2) is 8.85. The van der Waals surface area contributed by atoms with E-state index in [9.17, 15) is 0 Å². The van der Waals surface area contributed by atoms with E-state index in [4.69, 9.17) is 4.52 Å². The molecule has 0 amide bonds. The zero-order valence-electron chi connectivity index (χ0n) is 15.0. The smallest absolute Gasteiger partial charge is 0.191 e. The molecule has 2 N–H and O–H groups in total. The lowest BCUT2D eigenvalue weighted by atomic mass is 10.1. The average Bonchev–Trinajstić information content (AvgIpc) is 3.21. The zero-order valence-corrected chi connectivity index (χ0v) is 17.3. The van der Waals surface area contributed by atoms with Gasteiger partial charge in [-0.3, -0.25) is 9.89 Å². The van der Waals surface area contributed by atoms with Gasteiger partial charge in [-0.05, 0) is 19.3 Å². The van der Waals surface area contributed by atoms with Crippen LogP contribution in [0.15, 0.2) is 45.9 Å². The molecule has 2 fully saturated rings. The highest BCUT2D eigenvalue weighted by molar-refractivity contribution is 14.0. The van der Waals surface area contributed by atoms with Gasteiger partial charge in [-0.2, -0.15) is 0 Å². The molecule has 1 unspecified atom stereocenters. The summed E-state index contributed by atoms with van der Waals surface area (Å²) < 4.78 is 5.44. The molecule has 2 aromatic rings. The first-order valence-electron chi connectivity index (χ1n) is 9.04. The van der Waals surface area contributed by atoms with Crippen LogP contribution in [0.4, 0.5) is 0 Å². The van der Waals surface area contributed by atoms with E-state index >= 15 is 0 Å². The Hall–Kier alpha value is -1.61. The molecule has 4 rings (SSSR count). The van der Waals surface area contributed by atoms with Crippen molar-refractivity contribution in [3.05, 3.63) is 42.2 Å². The van der Waals surface area contributed by atoms with Gasteiger partial charge in [0.05, 0.1) is 6.54 Å². The zero-order chi connectivity index (χ0) is 17.1. The molecule has 7 heteroatoms. The van der Waals surface area contributed by atoms with E-state index in [2.05, 4.69) is 25.7 Å². The number of hydrogen-bond acceptors (Lipinski definition) is 4. The number of hydrogen-bond donors (Lipinski definition) is 2. The number of aromatic nitrogens is 1. The van der Waals surface area contributed by atoms with Gasteiger partial charge in [0.15, 0.2) is 11.7 Å².